The Kier molecular flexibility index (Phi) is 4.78. The van der Waals surface area contributed by atoms with Gasteiger partial charge in [-0.05, 0) is 30.3 Å². The molecule has 0 spiro atoms. The van der Waals surface area contributed by atoms with Crippen molar-refractivity contribution in [3.63, 3.8) is 0 Å². The molecule has 0 bridgehead atoms. The van der Waals surface area contributed by atoms with E-state index in [-0.39, 0.29) is 23.9 Å². The van der Waals surface area contributed by atoms with Gasteiger partial charge in [0, 0.05) is 16.7 Å². The van der Waals surface area contributed by atoms with Crippen molar-refractivity contribution in [2.75, 3.05) is 13.1 Å². The number of hydrogen-bond donors (Lipinski definition) is 0. The van der Waals surface area contributed by atoms with Crippen LogP contribution in [0.1, 0.15) is 5.56 Å². The summed E-state index contributed by atoms with van der Waals surface area (Å²) in [6.07, 6.45) is -4.23. The third-order valence-electron chi connectivity index (χ3n) is 3.62. The van der Waals surface area contributed by atoms with Gasteiger partial charge in [0.1, 0.15) is 6.10 Å². The summed E-state index contributed by atoms with van der Waals surface area (Å²) in [5, 5.41) is 0. The molecule has 25 heavy (non-hydrogen) atoms. The summed E-state index contributed by atoms with van der Waals surface area (Å²) in [5.41, 5.74) is -0.868. The van der Waals surface area contributed by atoms with Gasteiger partial charge in [0.25, 0.3) is 0 Å². The number of hydrogen-bond acceptors (Lipinski definition) is 4. The number of halogens is 4. The van der Waals surface area contributed by atoms with Crippen molar-refractivity contribution in [1.29, 1.82) is 0 Å². The van der Waals surface area contributed by atoms with Gasteiger partial charge in [0.2, 0.25) is 15.9 Å². The maximum atomic E-state index is 12.5. The number of rotatable bonds is 4. The highest BCUT2D eigenvalue weighted by atomic mass is 79.9. The average Bonchev–Trinajstić information content (AvgIpc) is 2.50. The lowest BCUT2D eigenvalue weighted by Crippen LogP contribution is -2.56. The molecular formula is C15H12BrF3N2O3S. The summed E-state index contributed by atoms with van der Waals surface area (Å²) >= 11 is 3.24. The van der Waals surface area contributed by atoms with Crippen LogP contribution < -0.4 is 4.74 Å². The quantitative estimate of drug-likeness (QED) is 0.737. The van der Waals surface area contributed by atoms with E-state index >= 15 is 0 Å². The van der Waals surface area contributed by atoms with Crippen molar-refractivity contribution in [3.05, 3.63) is 52.6 Å². The Morgan fingerprint density at radius 3 is 2.28 bits per heavy atom. The van der Waals surface area contributed by atoms with Gasteiger partial charge in [-0.3, -0.25) is 0 Å². The van der Waals surface area contributed by atoms with Crippen LogP contribution in [-0.4, -0.2) is 36.9 Å². The Balaban J connectivity index is 1.60. The average molecular weight is 437 g/mol. The van der Waals surface area contributed by atoms with E-state index in [2.05, 4.69) is 20.9 Å². The molecule has 2 aromatic rings. The summed E-state index contributed by atoms with van der Waals surface area (Å²) in [6, 6.07) is 8.24. The summed E-state index contributed by atoms with van der Waals surface area (Å²) in [6.45, 7) is 0.224. The maximum Gasteiger partial charge on any atom is 0.417 e. The first-order chi connectivity index (χ1) is 11.7. The van der Waals surface area contributed by atoms with E-state index < -0.39 is 27.9 Å². The molecule has 0 atom stereocenters. The van der Waals surface area contributed by atoms with Gasteiger partial charge in [0.15, 0.2) is 0 Å². The molecule has 0 unspecified atom stereocenters. The minimum Gasteiger partial charge on any atom is -0.472 e. The van der Waals surface area contributed by atoms with E-state index in [0.29, 0.717) is 6.20 Å². The lowest BCUT2D eigenvalue weighted by atomic mass is 10.2. The number of aromatic nitrogens is 1. The third-order valence-corrected chi connectivity index (χ3v) is 5.99. The summed E-state index contributed by atoms with van der Waals surface area (Å²) in [4.78, 5) is 3.77. The fourth-order valence-electron chi connectivity index (χ4n) is 2.22. The minimum absolute atomic E-state index is 0.0266. The van der Waals surface area contributed by atoms with Crippen LogP contribution in [0.2, 0.25) is 0 Å². The molecule has 10 heteroatoms. The van der Waals surface area contributed by atoms with Crippen LogP contribution in [0.25, 0.3) is 0 Å². The van der Waals surface area contributed by atoms with Gasteiger partial charge in [-0.2, -0.15) is 17.5 Å². The Hall–Kier alpha value is -1.65. The molecule has 1 aliphatic rings. The van der Waals surface area contributed by atoms with Crippen molar-refractivity contribution < 1.29 is 26.3 Å². The highest BCUT2D eigenvalue weighted by Crippen LogP contribution is 2.30. The van der Waals surface area contributed by atoms with E-state index in [4.69, 9.17) is 4.74 Å². The molecule has 0 aliphatic carbocycles. The first-order valence-corrected chi connectivity index (χ1v) is 9.35. The number of benzene rings is 1. The lowest BCUT2D eigenvalue weighted by Gasteiger charge is -2.37. The van der Waals surface area contributed by atoms with E-state index in [1.54, 1.807) is 12.1 Å². The molecule has 1 aromatic heterocycles. The Morgan fingerprint density at radius 2 is 1.76 bits per heavy atom. The standard InChI is InChI=1S/C15H12BrF3N2O3S/c16-11-2-4-13(5-3-11)25(22,23)21-8-12(9-21)24-14-6-1-10(7-20-14)15(17,18)19/h1-7,12H,8-9H2. The van der Waals surface area contributed by atoms with Crippen LogP contribution >= 0.6 is 15.9 Å². The van der Waals surface area contributed by atoms with Crippen molar-refractivity contribution in [2.45, 2.75) is 17.2 Å². The van der Waals surface area contributed by atoms with Crippen LogP contribution in [0, 0.1) is 0 Å². The van der Waals surface area contributed by atoms with E-state index in [1.807, 2.05) is 0 Å². The minimum atomic E-state index is -4.46. The maximum absolute atomic E-state index is 12.5. The SMILES string of the molecule is O=S(=O)(c1ccc(Br)cc1)N1CC(Oc2ccc(C(F)(F)F)cn2)C1. The smallest absolute Gasteiger partial charge is 0.417 e. The molecule has 2 heterocycles. The summed E-state index contributed by atoms with van der Waals surface area (Å²) < 4.78 is 69.6. The molecule has 1 saturated heterocycles. The highest BCUT2D eigenvalue weighted by Gasteiger charge is 2.38. The second-order valence-electron chi connectivity index (χ2n) is 5.40. The molecule has 3 rings (SSSR count). The number of sulfonamides is 1. The first kappa shape index (κ1) is 18.2. The molecule has 0 radical (unpaired) electrons. The number of ether oxygens (including phenoxy) is 1. The van der Waals surface area contributed by atoms with Crippen molar-refractivity contribution in [3.8, 4) is 5.88 Å². The molecule has 5 nitrogen and oxygen atoms in total. The van der Waals surface area contributed by atoms with Gasteiger partial charge >= 0.3 is 6.18 Å². The van der Waals surface area contributed by atoms with Crippen LogP contribution in [0.15, 0.2) is 52.0 Å². The molecular weight excluding hydrogens is 425 g/mol. The first-order valence-electron chi connectivity index (χ1n) is 7.12. The van der Waals surface area contributed by atoms with E-state index in [1.165, 1.54) is 16.4 Å². The molecule has 0 saturated carbocycles. The second-order valence-corrected chi connectivity index (χ2v) is 8.25. The molecule has 1 fully saturated rings. The van der Waals surface area contributed by atoms with E-state index in [9.17, 15) is 21.6 Å². The molecule has 134 valence electrons. The van der Waals surface area contributed by atoms with Crippen LogP contribution in [0.4, 0.5) is 13.2 Å². The number of alkyl halides is 3. The zero-order valence-corrected chi connectivity index (χ0v) is 15.0. The molecule has 0 N–H and O–H groups in total. The van der Waals surface area contributed by atoms with Gasteiger partial charge in [0.05, 0.1) is 23.5 Å². The summed E-state index contributed by atoms with van der Waals surface area (Å²) in [7, 11) is -3.61. The van der Waals surface area contributed by atoms with Crippen LogP contribution in [0.3, 0.4) is 0 Å². The largest absolute Gasteiger partial charge is 0.472 e. The van der Waals surface area contributed by atoms with Gasteiger partial charge in [-0.15, -0.1) is 0 Å². The third kappa shape index (κ3) is 3.96. The Labute approximate surface area is 150 Å². The van der Waals surface area contributed by atoms with Crippen molar-refractivity contribution in [2.24, 2.45) is 0 Å². The molecule has 0 amide bonds. The van der Waals surface area contributed by atoms with Crippen molar-refractivity contribution in [1.82, 2.24) is 9.29 Å². The topological polar surface area (TPSA) is 59.5 Å². The fraction of sp³-hybridized carbons (Fsp3) is 0.267. The number of nitrogens with zero attached hydrogens (tertiary/aromatic N) is 2. The van der Waals surface area contributed by atoms with Gasteiger partial charge < -0.3 is 4.74 Å². The Morgan fingerprint density at radius 1 is 1.12 bits per heavy atom. The normalized spacial score (nSPS) is 16.5. The second kappa shape index (κ2) is 6.58. The summed E-state index contributed by atoms with van der Waals surface area (Å²) in [5.74, 6) is 0.0266. The number of pyridine rings is 1. The fourth-order valence-corrected chi connectivity index (χ4v) is 3.98. The van der Waals surface area contributed by atoms with Gasteiger partial charge in [-0.25, -0.2) is 13.4 Å². The molecule has 1 aromatic carbocycles. The Bertz CT molecular complexity index is 849. The predicted molar refractivity (Wildman–Crippen MR) is 86.6 cm³/mol. The van der Waals surface area contributed by atoms with E-state index in [0.717, 1.165) is 16.6 Å². The van der Waals surface area contributed by atoms with Crippen molar-refractivity contribution >= 4 is 26.0 Å². The zero-order chi connectivity index (χ0) is 18.2. The van der Waals surface area contributed by atoms with Gasteiger partial charge in [-0.1, -0.05) is 15.9 Å². The van der Waals surface area contributed by atoms with Crippen LogP contribution in [0.5, 0.6) is 5.88 Å². The molecule has 1 aliphatic heterocycles. The highest BCUT2D eigenvalue weighted by molar-refractivity contribution is 9.10. The zero-order valence-electron chi connectivity index (χ0n) is 12.6. The lowest BCUT2D eigenvalue weighted by molar-refractivity contribution is -0.137. The monoisotopic (exact) mass is 436 g/mol. The predicted octanol–water partition coefficient (Wildman–Crippen LogP) is 3.31. The van der Waals surface area contributed by atoms with Crippen LogP contribution in [-0.2, 0) is 16.2 Å².